The van der Waals surface area contributed by atoms with E-state index in [0.717, 1.165) is 37.4 Å². The van der Waals surface area contributed by atoms with E-state index in [0.29, 0.717) is 12.1 Å². The van der Waals surface area contributed by atoms with E-state index in [1.807, 2.05) is 13.3 Å². The van der Waals surface area contributed by atoms with Crippen molar-refractivity contribution in [3.63, 3.8) is 0 Å². The number of nitrogens with zero attached hydrogens (tertiary/aromatic N) is 2. The smallest absolute Gasteiger partial charge is 0.128 e. The fraction of sp³-hybridized carbons (Fsp3) is 0.688. The molecule has 0 atom stereocenters. The highest BCUT2D eigenvalue weighted by Crippen LogP contribution is 2.24. The average molecular weight is 275 g/mol. The third-order valence-corrected chi connectivity index (χ3v) is 4.56. The molecule has 4 heteroatoms. The van der Waals surface area contributed by atoms with Gasteiger partial charge in [-0.3, -0.25) is 0 Å². The largest absolute Gasteiger partial charge is 0.381 e. The molecular weight excluding hydrogens is 250 g/mol. The minimum atomic E-state index is 0.462. The van der Waals surface area contributed by atoms with Gasteiger partial charge in [0.25, 0.3) is 0 Å². The second-order valence-electron chi connectivity index (χ2n) is 5.95. The first-order chi connectivity index (χ1) is 9.85. The molecule has 1 aliphatic heterocycles. The van der Waals surface area contributed by atoms with Gasteiger partial charge in [-0.15, -0.1) is 0 Å². The molecule has 1 saturated carbocycles. The Morgan fingerprint density at radius 1 is 1.15 bits per heavy atom. The minimum Gasteiger partial charge on any atom is -0.381 e. The molecule has 0 amide bonds. The summed E-state index contributed by atoms with van der Waals surface area (Å²) in [5, 5.41) is 3.61. The highest BCUT2D eigenvalue weighted by molar-refractivity contribution is 5.49. The summed E-state index contributed by atoms with van der Waals surface area (Å²) in [6, 6.07) is 4.89. The van der Waals surface area contributed by atoms with Crippen LogP contribution in [0, 0.1) is 0 Å². The lowest BCUT2D eigenvalue weighted by Gasteiger charge is -2.29. The Balaban J connectivity index is 1.53. The van der Waals surface area contributed by atoms with Gasteiger partial charge in [0.1, 0.15) is 5.82 Å². The SMILES string of the molecule is COC1CCC(Nc2ccc(N3CCCC3)nc2)CC1. The lowest BCUT2D eigenvalue weighted by atomic mass is 9.93. The van der Waals surface area contributed by atoms with Crippen molar-refractivity contribution in [1.82, 2.24) is 4.98 Å². The van der Waals surface area contributed by atoms with Gasteiger partial charge in [-0.25, -0.2) is 4.98 Å². The van der Waals surface area contributed by atoms with E-state index >= 15 is 0 Å². The number of hydrogen-bond acceptors (Lipinski definition) is 4. The van der Waals surface area contributed by atoms with Crippen LogP contribution in [-0.2, 0) is 4.74 Å². The van der Waals surface area contributed by atoms with Gasteiger partial charge in [0.15, 0.2) is 0 Å². The monoisotopic (exact) mass is 275 g/mol. The van der Waals surface area contributed by atoms with Crippen molar-refractivity contribution < 1.29 is 4.74 Å². The van der Waals surface area contributed by atoms with Crippen molar-refractivity contribution >= 4 is 11.5 Å². The summed E-state index contributed by atoms with van der Waals surface area (Å²) in [4.78, 5) is 6.96. The fourth-order valence-electron chi connectivity index (χ4n) is 3.28. The molecule has 0 aromatic carbocycles. The molecule has 0 spiro atoms. The summed E-state index contributed by atoms with van der Waals surface area (Å²) < 4.78 is 5.42. The Labute approximate surface area is 121 Å². The summed E-state index contributed by atoms with van der Waals surface area (Å²) in [6.45, 7) is 2.31. The zero-order valence-electron chi connectivity index (χ0n) is 12.3. The Morgan fingerprint density at radius 3 is 2.50 bits per heavy atom. The molecule has 4 nitrogen and oxygen atoms in total. The predicted octanol–water partition coefficient (Wildman–Crippen LogP) is 3.05. The maximum Gasteiger partial charge on any atom is 0.128 e. The Bertz CT molecular complexity index is 406. The van der Waals surface area contributed by atoms with Crippen molar-refractivity contribution in [1.29, 1.82) is 0 Å². The van der Waals surface area contributed by atoms with Crippen molar-refractivity contribution in [3.8, 4) is 0 Å². The van der Waals surface area contributed by atoms with E-state index in [2.05, 4.69) is 27.3 Å². The first kappa shape index (κ1) is 13.7. The Kier molecular flexibility index (Phi) is 4.41. The first-order valence-corrected chi connectivity index (χ1v) is 7.85. The van der Waals surface area contributed by atoms with Crippen molar-refractivity contribution in [3.05, 3.63) is 18.3 Å². The lowest BCUT2D eigenvalue weighted by Crippen LogP contribution is -2.29. The molecule has 2 fully saturated rings. The second-order valence-corrected chi connectivity index (χ2v) is 5.95. The summed E-state index contributed by atoms with van der Waals surface area (Å²) in [5.74, 6) is 1.12. The molecule has 110 valence electrons. The number of anilines is 2. The molecule has 0 bridgehead atoms. The molecule has 0 radical (unpaired) electrons. The van der Waals surface area contributed by atoms with E-state index in [-0.39, 0.29) is 0 Å². The quantitative estimate of drug-likeness (QED) is 0.916. The first-order valence-electron chi connectivity index (χ1n) is 7.85. The number of rotatable bonds is 4. The molecule has 2 heterocycles. The second kappa shape index (κ2) is 6.44. The highest BCUT2D eigenvalue weighted by Gasteiger charge is 2.20. The van der Waals surface area contributed by atoms with Gasteiger partial charge in [-0.1, -0.05) is 0 Å². The van der Waals surface area contributed by atoms with Crippen LogP contribution >= 0.6 is 0 Å². The topological polar surface area (TPSA) is 37.4 Å². The maximum absolute atomic E-state index is 5.42. The van der Waals surface area contributed by atoms with Gasteiger partial charge in [0, 0.05) is 26.2 Å². The number of ether oxygens (including phenoxy) is 1. The molecule has 1 aliphatic carbocycles. The molecule has 20 heavy (non-hydrogen) atoms. The standard InChI is InChI=1S/C16H25N3O/c1-20-15-7-4-13(5-8-15)18-14-6-9-16(17-12-14)19-10-2-3-11-19/h6,9,12-13,15,18H,2-5,7-8,10-11H2,1H3. The Morgan fingerprint density at radius 2 is 1.90 bits per heavy atom. The number of pyridine rings is 1. The number of nitrogens with one attached hydrogen (secondary N) is 1. The van der Waals surface area contributed by atoms with Crippen LogP contribution in [0.1, 0.15) is 38.5 Å². The normalized spacial score (nSPS) is 26.8. The predicted molar refractivity (Wildman–Crippen MR) is 82.4 cm³/mol. The van der Waals surface area contributed by atoms with E-state index in [1.54, 1.807) is 0 Å². The van der Waals surface area contributed by atoms with Gasteiger partial charge < -0.3 is 15.0 Å². The van der Waals surface area contributed by atoms with Gasteiger partial charge in [0.05, 0.1) is 18.0 Å². The molecule has 2 aliphatic rings. The van der Waals surface area contributed by atoms with Gasteiger partial charge >= 0.3 is 0 Å². The van der Waals surface area contributed by atoms with Crippen LogP contribution in [-0.4, -0.2) is 37.3 Å². The van der Waals surface area contributed by atoms with Crippen LogP contribution in [0.2, 0.25) is 0 Å². The van der Waals surface area contributed by atoms with Crippen LogP contribution in [0.15, 0.2) is 18.3 Å². The molecule has 3 rings (SSSR count). The van der Waals surface area contributed by atoms with Crippen molar-refractivity contribution in [2.24, 2.45) is 0 Å². The Hall–Kier alpha value is -1.29. The molecule has 1 aromatic heterocycles. The molecular formula is C16H25N3O. The van der Waals surface area contributed by atoms with Crippen LogP contribution in [0.4, 0.5) is 11.5 Å². The van der Waals surface area contributed by atoms with Gasteiger partial charge in [-0.2, -0.15) is 0 Å². The molecule has 1 saturated heterocycles. The zero-order valence-corrected chi connectivity index (χ0v) is 12.3. The lowest BCUT2D eigenvalue weighted by molar-refractivity contribution is 0.0682. The van der Waals surface area contributed by atoms with Crippen molar-refractivity contribution in [2.45, 2.75) is 50.7 Å². The molecule has 1 N–H and O–H groups in total. The van der Waals surface area contributed by atoms with E-state index in [4.69, 9.17) is 4.74 Å². The summed E-state index contributed by atoms with van der Waals surface area (Å²) in [6.07, 6.45) is 9.73. The van der Waals surface area contributed by atoms with Gasteiger partial charge in [-0.05, 0) is 50.7 Å². The summed E-state index contributed by atoms with van der Waals surface area (Å²) in [5.41, 5.74) is 1.15. The molecule has 0 unspecified atom stereocenters. The molecule has 1 aromatic rings. The van der Waals surface area contributed by atoms with Gasteiger partial charge in [0.2, 0.25) is 0 Å². The van der Waals surface area contributed by atoms with E-state index < -0.39 is 0 Å². The van der Waals surface area contributed by atoms with Crippen LogP contribution in [0.25, 0.3) is 0 Å². The third kappa shape index (κ3) is 3.23. The minimum absolute atomic E-state index is 0.462. The maximum atomic E-state index is 5.42. The third-order valence-electron chi connectivity index (χ3n) is 4.56. The average Bonchev–Trinajstić information content (AvgIpc) is 3.03. The zero-order chi connectivity index (χ0) is 13.8. The summed E-state index contributed by atoms with van der Waals surface area (Å²) in [7, 11) is 1.82. The number of hydrogen-bond donors (Lipinski definition) is 1. The van der Waals surface area contributed by atoms with E-state index in [9.17, 15) is 0 Å². The van der Waals surface area contributed by atoms with E-state index in [1.165, 1.54) is 25.7 Å². The number of aromatic nitrogens is 1. The van der Waals surface area contributed by atoms with Crippen LogP contribution in [0.3, 0.4) is 0 Å². The fourth-order valence-corrected chi connectivity index (χ4v) is 3.28. The van der Waals surface area contributed by atoms with Crippen molar-refractivity contribution in [2.75, 3.05) is 30.4 Å². The van der Waals surface area contributed by atoms with Crippen LogP contribution in [0.5, 0.6) is 0 Å². The number of methoxy groups -OCH3 is 1. The summed E-state index contributed by atoms with van der Waals surface area (Å²) >= 11 is 0. The van der Waals surface area contributed by atoms with Crippen LogP contribution < -0.4 is 10.2 Å². The highest BCUT2D eigenvalue weighted by atomic mass is 16.5.